The molecule has 2 rings (SSSR count). The maximum absolute atomic E-state index is 13.0. The second-order valence-corrected chi connectivity index (χ2v) is 7.71. The molecule has 1 unspecified atom stereocenters. The fourth-order valence-electron chi connectivity index (χ4n) is 2.00. The standard InChI is InChI=1S/C17H21FN2OS2/c1-3-4-5-10-19-16(21)12(2)23-17-20-15(11-22-17)13-6-8-14(18)9-7-13/h6-9,11-12H,3-5,10H2,1-2H3,(H,19,21). The molecule has 3 nitrogen and oxygen atoms in total. The topological polar surface area (TPSA) is 42.0 Å². The van der Waals surface area contributed by atoms with E-state index < -0.39 is 0 Å². The Kier molecular flexibility index (Phi) is 7.05. The number of carbonyl (C=O) groups excluding carboxylic acids is 1. The molecule has 1 heterocycles. The van der Waals surface area contributed by atoms with Gasteiger partial charge in [-0.15, -0.1) is 11.3 Å². The molecule has 0 saturated heterocycles. The molecule has 2 aromatic rings. The van der Waals surface area contributed by atoms with E-state index in [2.05, 4.69) is 17.2 Å². The number of hydrogen-bond donors (Lipinski definition) is 1. The highest BCUT2D eigenvalue weighted by atomic mass is 32.2. The molecule has 1 atom stereocenters. The van der Waals surface area contributed by atoms with Crippen molar-refractivity contribution >= 4 is 29.0 Å². The summed E-state index contributed by atoms with van der Waals surface area (Å²) in [5.41, 5.74) is 1.69. The van der Waals surface area contributed by atoms with Gasteiger partial charge in [-0.25, -0.2) is 9.37 Å². The van der Waals surface area contributed by atoms with Gasteiger partial charge in [0.1, 0.15) is 5.82 Å². The van der Waals surface area contributed by atoms with Gasteiger partial charge in [-0.05, 0) is 37.6 Å². The second-order valence-electron chi connectivity index (χ2n) is 5.26. The van der Waals surface area contributed by atoms with E-state index in [9.17, 15) is 9.18 Å². The molecule has 1 aromatic heterocycles. The second kappa shape index (κ2) is 9.03. The minimum Gasteiger partial charge on any atom is -0.355 e. The molecule has 0 bridgehead atoms. The molecule has 0 spiro atoms. The molecule has 0 saturated carbocycles. The van der Waals surface area contributed by atoms with Gasteiger partial charge in [-0.3, -0.25) is 4.79 Å². The molecule has 23 heavy (non-hydrogen) atoms. The number of carbonyl (C=O) groups is 1. The first-order valence-electron chi connectivity index (χ1n) is 7.76. The van der Waals surface area contributed by atoms with Crippen molar-refractivity contribution in [2.45, 2.75) is 42.7 Å². The molecular formula is C17H21FN2OS2. The summed E-state index contributed by atoms with van der Waals surface area (Å²) in [5, 5.41) is 4.71. The maximum atomic E-state index is 13.0. The highest BCUT2D eigenvalue weighted by Crippen LogP contribution is 2.30. The number of benzene rings is 1. The van der Waals surface area contributed by atoms with Crippen LogP contribution in [0.3, 0.4) is 0 Å². The van der Waals surface area contributed by atoms with Gasteiger partial charge in [0.15, 0.2) is 4.34 Å². The number of thioether (sulfide) groups is 1. The summed E-state index contributed by atoms with van der Waals surface area (Å²) in [6.07, 6.45) is 3.30. The van der Waals surface area contributed by atoms with E-state index in [1.165, 1.54) is 35.2 Å². The average molecular weight is 352 g/mol. The summed E-state index contributed by atoms with van der Waals surface area (Å²) in [7, 11) is 0. The van der Waals surface area contributed by atoms with Crippen LogP contribution in [0.2, 0.25) is 0 Å². The lowest BCUT2D eigenvalue weighted by Crippen LogP contribution is -2.31. The summed E-state index contributed by atoms with van der Waals surface area (Å²) < 4.78 is 13.8. The summed E-state index contributed by atoms with van der Waals surface area (Å²) in [5.74, 6) is -0.212. The fourth-order valence-corrected chi connectivity index (χ4v) is 4.00. The first-order chi connectivity index (χ1) is 11.1. The number of hydrogen-bond acceptors (Lipinski definition) is 4. The molecular weight excluding hydrogens is 331 g/mol. The third-order valence-corrected chi connectivity index (χ3v) is 5.42. The fraction of sp³-hybridized carbons (Fsp3) is 0.412. The number of aromatic nitrogens is 1. The first-order valence-corrected chi connectivity index (χ1v) is 9.52. The zero-order valence-corrected chi connectivity index (χ0v) is 15.0. The Bertz CT molecular complexity index is 628. The van der Waals surface area contributed by atoms with Crippen molar-refractivity contribution in [3.63, 3.8) is 0 Å². The van der Waals surface area contributed by atoms with Crippen LogP contribution in [0.25, 0.3) is 11.3 Å². The molecule has 6 heteroatoms. The number of nitrogens with zero attached hydrogens (tertiary/aromatic N) is 1. The average Bonchev–Trinajstić information content (AvgIpc) is 3.00. The zero-order valence-electron chi connectivity index (χ0n) is 13.3. The molecule has 1 aromatic carbocycles. The Morgan fingerprint density at radius 3 is 2.78 bits per heavy atom. The SMILES string of the molecule is CCCCCNC(=O)C(C)Sc1nc(-c2ccc(F)cc2)cs1. The zero-order chi connectivity index (χ0) is 16.7. The lowest BCUT2D eigenvalue weighted by atomic mass is 10.2. The highest BCUT2D eigenvalue weighted by molar-refractivity contribution is 8.02. The molecule has 0 aliphatic carbocycles. The normalized spacial score (nSPS) is 12.1. The van der Waals surface area contributed by atoms with Crippen LogP contribution in [-0.4, -0.2) is 22.7 Å². The van der Waals surface area contributed by atoms with Crippen molar-refractivity contribution < 1.29 is 9.18 Å². The van der Waals surface area contributed by atoms with Gasteiger partial charge in [-0.2, -0.15) is 0 Å². The molecule has 124 valence electrons. The summed E-state index contributed by atoms with van der Waals surface area (Å²) in [6, 6.07) is 6.27. The Balaban J connectivity index is 1.88. The minimum atomic E-state index is -0.257. The van der Waals surface area contributed by atoms with Crippen LogP contribution in [0, 0.1) is 5.82 Å². The number of rotatable bonds is 8. The maximum Gasteiger partial charge on any atom is 0.233 e. The van der Waals surface area contributed by atoms with Gasteiger partial charge < -0.3 is 5.32 Å². The van der Waals surface area contributed by atoms with E-state index in [1.54, 1.807) is 12.1 Å². The van der Waals surface area contributed by atoms with Crippen molar-refractivity contribution in [3.8, 4) is 11.3 Å². The van der Waals surface area contributed by atoms with Crippen LogP contribution >= 0.6 is 23.1 Å². The number of thiazole rings is 1. The molecule has 0 aliphatic heterocycles. The van der Waals surface area contributed by atoms with E-state index in [1.807, 2.05) is 12.3 Å². The van der Waals surface area contributed by atoms with E-state index in [-0.39, 0.29) is 17.0 Å². The number of halogens is 1. The Labute approximate surface area is 144 Å². The van der Waals surface area contributed by atoms with Crippen LogP contribution in [0.4, 0.5) is 4.39 Å². The van der Waals surface area contributed by atoms with Crippen LogP contribution in [0.1, 0.15) is 33.1 Å². The van der Waals surface area contributed by atoms with Crippen LogP contribution < -0.4 is 5.32 Å². The van der Waals surface area contributed by atoms with Crippen molar-refractivity contribution in [2.75, 3.05) is 6.54 Å². The Morgan fingerprint density at radius 2 is 2.09 bits per heavy atom. The van der Waals surface area contributed by atoms with Gasteiger partial charge in [0.05, 0.1) is 10.9 Å². The van der Waals surface area contributed by atoms with Gasteiger partial charge in [0.25, 0.3) is 0 Å². The summed E-state index contributed by atoms with van der Waals surface area (Å²) >= 11 is 2.96. The van der Waals surface area contributed by atoms with Gasteiger partial charge >= 0.3 is 0 Å². The van der Waals surface area contributed by atoms with Gasteiger partial charge in [0.2, 0.25) is 5.91 Å². The lowest BCUT2D eigenvalue weighted by Gasteiger charge is -2.10. The Morgan fingerprint density at radius 1 is 1.35 bits per heavy atom. The monoisotopic (exact) mass is 352 g/mol. The highest BCUT2D eigenvalue weighted by Gasteiger charge is 2.16. The summed E-state index contributed by atoms with van der Waals surface area (Å²) in [6.45, 7) is 4.76. The largest absolute Gasteiger partial charge is 0.355 e. The molecule has 1 N–H and O–H groups in total. The van der Waals surface area contributed by atoms with Gasteiger partial charge in [-0.1, -0.05) is 31.5 Å². The number of amides is 1. The smallest absolute Gasteiger partial charge is 0.233 e. The molecule has 0 fully saturated rings. The van der Waals surface area contributed by atoms with Crippen molar-refractivity contribution in [1.82, 2.24) is 10.3 Å². The van der Waals surface area contributed by atoms with Crippen molar-refractivity contribution in [3.05, 3.63) is 35.5 Å². The molecule has 0 aliphatic rings. The van der Waals surface area contributed by atoms with Crippen molar-refractivity contribution in [1.29, 1.82) is 0 Å². The van der Waals surface area contributed by atoms with E-state index >= 15 is 0 Å². The van der Waals surface area contributed by atoms with Crippen LogP contribution in [0.15, 0.2) is 34.0 Å². The van der Waals surface area contributed by atoms with Crippen molar-refractivity contribution in [2.24, 2.45) is 0 Å². The predicted octanol–water partition coefficient (Wildman–Crippen LogP) is 4.74. The molecule has 1 amide bonds. The quantitative estimate of drug-likeness (QED) is 0.551. The predicted molar refractivity (Wildman–Crippen MR) is 95.4 cm³/mol. The van der Waals surface area contributed by atoms with E-state index in [0.29, 0.717) is 0 Å². The minimum absolute atomic E-state index is 0.0460. The number of unbranched alkanes of at least 4 members (excludes halogenated alkanes) is 2. The van der Waals surface area contributed by atoms with Gasteiger partial charge in [0, 0.05) is 17.5 Å². The lowest BCUT2D eigenvalue weighted by molar-refractivity contribution is -0.120. The Hall–Kier alpha value is -1.40. The molecule has 0 radical (unpaired) electrons. The third kappa shape index (κ3) is 5.62. The van der Waals surface area contributed by atoms with Crippen LogP contribution in [0.5, 0.6) is 0 Å². The third-order valence-electron chi connectivity index (χ3n) is 3.35. The first kappa shape index (κ1) is 17.9. The van der Waals surface area contributed by atoms with E-state index in [0.717, 1.165) is 41.4 Å². The summed E-state index contributed by atoms with van der Waals surface area (Å²) in [4.78, 5) is 16.5. The van der Waals surface area contributed by atoms with Crippen LogP contribution in [-0.2, 0) is 4.79 Å². The number of nitrogens with one attached hydrogen (secondary N) is 1. The van der Waals surface area contributed by atoms with E-state index in [4.69, 9.17) is 0 Å².